The fourth-order valence-corrected chi connectivity index (χ4v) is 1.91. The molecular formula is C13H18F3NO2. The van der Waals surface area contributed by atoms with Gasteiger partial charge in [-0.05, 0) is 6.07 Å². The molecule has 6 heteroatoms. The lowest BCUT2D eigenvalue weighted by Crippen LogP contribution is -2.51. The van der Waals surface area contributed by atoms with Gasteiger partial charge in [-0.2, -0.15) is 13.2 Å². The summed E-state index contributed by atoms with van der Waals surface area (Å²) in [5.41, 5.74) is 4.42. The maximum atomic E-state index is 12.8. The Labute approximate surface area is 110 Å². The van der Waals surface area contributed by atoms with Crippen LogP contribution in [0.15, 0.2) is 18.2 Å². The Bertz CT molecular complexity index is 444. The maximum Gasteiger partial charge on any atom is 0.404 e. The molecule has 0 saturated carbocycles. The van der Waals surface area contributed by atoms with Crippen LogP contribution in [0.25, 0.3) is 0 Å². The van der Waals surface area contributed by atoms with Crippen LogP contribution in [0.5, 0.6) is 11.5 Å². The highest BCUT2D eigenvalue weighted by Gasteiger charge is 2.48. The molecule has 19 heavy (non-hydrogen) atoms. The summed E-state index contributed by atoms with van der Waals surface area (Å²) in [7, 11) is 2.87. The van der Waals surface area contributed by atoms with Gasteiger partial charge >= 0.3 is 6.18 Å². The molecular weight excluding hydrogens is 259 g/mol. The van der Waals surface area contributed by atoms with E-state index in [1.807, 2.05) is 0 Å². The number of hydrogen-bond donors (Lipinski definition) is 1. The van der Waals surface area contributed by atoms with Crippen molar-refractivity contribution >= 4 is 0 Å². The molecule has 2 N–H and O–H groups in total. The molecule has 1 unspecified atom stereocenters. The number of benzene rings is 1. The lowest BCUT2D eigenvalue weighted by Gasteiger charge is -2.34. The SMILES string of the molecule is COc1ccc(C(C)(C)C(N)C(F)(F)F)c(OC)c1. The zero-order valence-corrected chi connectivity index (χ0v) is 11.3. The predicted molar refractivity (Wildman–Crippen MR) is 66.6 cm³/mol. The van der Waals surface area contributed by atoms with Crippen LogP contribution in [-0.2, 0) is 5.41 Å². The number of alkyl halides is 3. The van der Waals surface area contributed by atoms with E-state index in [1.54, 1.807) is 18.2 Å². The second-order valence-corrected chi connectivity index (χ2v) is 4.81. The second-order valence-electron chi connectivity index (χ2n) is 4.81. The minimum absolute atomic E-state index is 0.323. The molecule has 0 amide bonds. The Balaban J connectivity index is 3.28. The normalized spacial score (nSPS) is 14.1. The molecule has 0 fully saturated rings. The molecule has 0 spiro atoms. The minimum atomic E-state index is -4.48. The minimum Gasteiger partial charge on any atom is -0.497 e. The van der Waals surface area contributed by atoms with E-state index < -0.39 is 17.6 Å². The van der Waals surface area contributed by atoms with Gasteiger partial charge in [0, 0.05) is 17.0 Å². The molecule has 0 aliphatic carbocycles. The van der Waals surface area contributed by atoms with Crippen molar-refractivity contribution in [1.29, 1.82) is 0 Å². The Morgan fingerprint density at radius 1 is 1.11 bits per heavy atom. The first-order chi connectivity index (χ1) is 8.64. The first-order valence-corrected chi connectivity index (χ1v) is 5.69. The second kappa shape index (κ2) is 5.28. The predicted octanol–water partition coefficient (Wildman–Crippen LogP) is 2.87. The summed E-state index contributed by atoms with van der Waals surface area (Å²) in [4.78, 5) is 0. The average molecular weight is 277 g/mol. The van der Waals surface area contributed by atoms with E-state index in [9.17, 15) is 13.2 Å². The van der Waals surface area contributed by atoms with Crippen LogP contribution < -0.4 is 15.2 Å². The highest BCUT2D eigenvalue weighted by Crippen LogP contribution is 2.40. The van der Waals surface area contributed by atoms with Crippen LogP contribution in [0.4, 0.5) is 13.2 Å². The largest absolute Gasteiger partial charge is 0.497 e. The van der Waals surface area contributed by atoms with Crippen molar-refractivity contribution in [3.05, 3.63) is 23.8 Å². The fraction of sp³-hybridized carbons (Fsp3) is 0.538. The summed E-state index contributed by atoms with van der Waals surface area (Å²) in [5, 5.41) is 0. The van der Waals surface area contributed by atoms with Crippen LogP contribution in [0, 0.1) is 0 Å². The maximum absolute atomic E-state index is 12.8. The first kappa shape index (κ1) is 15.6. The zero-order valence-electron chi connectivity index (χ0n) is 11.3. The smallest absolute Gasteiger partial charge is 0.404 e. The number of halogens is 3. The van der Waals surface area contributed by atoms with E-state index in [1.165, 1.54) is 28.1 Å². The van der Waals surface area contributed by atoms with Gasteiger partial charge in [-0.15, -0.1) is 0 Å². The average Bonchev–Trinajstić information content (AvgIpc) is 2.35. The van der Waals surface area contributed by atoms with Crippen molar-refractivity contribution in [2.75, 3.05) is 14.2 Å². The van der Waals surface area contributed by atoms with Crippen LogP contribution in [0.1, 0.15) is 19.4 Å². The molecule has 1 aromatic carbocycles. The van der Waals surface area contributed by atoms with Crippen LogP contribution in [0.2, 0.25) is 0 Å². The number of nitrogens with two attached hydrogens (primary N) is 1. The third kappa shape index (κ3) is 3.12. The van der Waals surface area contributed by atoms with Crippen LogP contribution in [0.3, 0.4) is 0 Å². The highest BCUT2D eigenvalue weighted by molar-refractivity contribution is 5.45. The van der Waals surface area contributed by atoms with E-state index in [2.05, 4.69) is 0 Å². The molecule has 0 radical (unpaired) electrons. The Morgan fingerprint density at radius 2 is 1.68 bits per heavy atom. The van der Waals surface area contributed by atoms with Crippen molar-refractivity contribution in [1.82, 2.24) is 0 Å². The Hall–Kier alpha value is -1.43. The van der Waals surface area contributed by atoms with Gasteiger partial charge in [-0.25, -0.2) is 0 Å². The summed E-state index contributed by atoms with van der Waals surface area (Å²) >= 11 is 0. The van der Waals surface area contributed by atoms with Crippen molar-refractivity contribution < 1.29 is 22.6 Å². The lowest BCUT2D eigenvalue weighted by atomic mass is 9.77. The van der Waals surface area contributed by atoms with Gasteiger partial charge in [0.1, 0.15) is 17.5 Å². The number of methoxy groups -OCH3 is 2. The standard InChI is InChI=1S/C13H18F3NO2/c1-12(2,11(17)13(14,15)16)9-6-5-8(18-3)7-10(9)19-4/h5-7,11H,17H2,1-4H3. The molecule has 3 nitrogen and oxygen atoms in total. The van der Waals surface area contributed by atoms with Crippen molar-refractivity contribution in [3.8, 4) is 11.5 Å². The van der Waals surface area contributed by atoms with E-state index >= 15 is 0 Å². The quantitative estimate of drug-likeness (QED) is 0.920. The van der Waals surface area contributed by atoms with Gasteiger partial charge in [0.15, 0.2) is 0 Å². The number of rotatable bonds is 4. The van der Waals surface area contributed by atoms with Gasteiger partial charge in [-0.3, -0.25) is 0 Å². The van der Waals surface area contributed by atoms with Gasteiger partial charge in [-0.1, -0.05) is 19.9 Å². The van der Waals surface area contributed by atoms with Gasteiger partial charge in [0.05, 0.1) is 14.2 Å². The summed E-state index contributed by atoms with van der Waals surface area (Å²) < 4.78 is 48.6. The molecule has 1 aromatic rings. The summed E-state index contributed by atoms with van der Waals surface area (Å²) in [6.45, 7) is 2.88. The van der Waals surface area contributed by atoms with Crippen LogP contribution >= 0.6 is 0 Å². The first-order valence-electron chi connectivity index (χ1n) is 5.69. The van der Waals surface area contributed by atoms with Crippen molar-refractivity contribution in [3.63, 3.8) is 0 Å². The van der Waals surface area contributed by atoms with Gasteiger partial charge < -0.3 is 15.2 Å². The van der Waals surface area contributed by atoms with Gasteiger partial charge in [0.2, 0.25) is 0 Å². The topological polar surface area (TPSA) is 44.5 Å². The van der Waals surface area contributed by atoms with E-state index in [0.29, 0.717) is 17.1 Å². The Kier molecular flexibility index (Phi) is 4.35. The Morgan fingerprint density at radius 3 is 2.11 bits per heavy atom. The molecule has 1 rings (SSSR count). The molecule has 0 aromatic heterocycles. The third-order valence-corrected chi connectivity index (χ3v) is 3.23. The molecule has 0 bridgehead atoms. The summed E-state index contributed by atoms with van der Waals surface area (Å²) in [6, 6.07) is 2.69. The lowest BCUT2D eigenvalue weighted by molar-refractivity contribution is -0.160. The van der Waals surface area contributed by atoms with Crippen molar-refractivity contribution in [2.45, 2.75) is 31.5 Å². The molecule has 108 valence electrons. The molecule has 0 aliphatic rings. The summed E-state index contributed by atoms with van der Waals surface area (Å²) in [6.07, 6.45) is -4.48. The molecule has 1 atom stereocenters. The van der Waals surface area contributed by atoms with Crippen LogP contribution in [-0.4, -0.2) is 26.4 Å². The van der Waals surface area contributed by atoms with E-state index in [0.717, 1.165) is 0 Å². The third-order valence-electron chi connectivity index (χ3n) is 3.23. The number of ether oxygens (including phenoxy) is 2. The molecule has 0 heterocycles. The van der Waals surface area contributed by atoms with E-state index in [-0.39, 0.29) is 0 Å². The summed E-state index contributed by atoms with van der Waals surface area (Å²) in [5.74, 6) is 0.834. The molecule has 0 aliphatic heterocycles. The zero-order chi connectivity index (χ0) is 14.8. The number of hydrogen-bond acceptors (Lipinski definition) is 3. The fourth-order valence-electron chi connectivity index (χ4n) is 1.91. The van der Waals surface area contributed by atoms with Gasteiger partial charge in [0.25, 0.3) is 0 Å². The van der Waals surface area contributed by atoms with E-state index in [4.69, 9.17) is 15.2 Å². The molecule has 0 saturated heterocycles. The monoisotopic (exact) mass is 277 g/mol. The van der Waals surface area contributed by atoms with Crippen molar-refractivity contribution in [2.24, 2.45) is 5.73 Å². The highest BCUT2D eigenvalue weighted by atomic mass is 19.4.